The molecule has 1 saturated carbocycles. The van der Waals surface area contributed by atoms with Gasteiger partial charge in [-0.1, -0.05) is 30.3 Å². The van der Waals surface area contributed by atoms with Crippen molar-refractivity contribution in [2.45, 2.75) is 76.0 Å². The van der Waals surface area contributed by atoms with Gasteiger partial charge in [-0.3, -0.25) is 0 Å². The first kappa shape index (κ1) is 21.3. The molecule has 5 atom stereocenters. The van der Waals surface area contributed by atoms with E-state index in [1.165, 1.54) is 16.7 Å². The first-order valence-corrected chi connectivity index (χ1v) is 11.0. The monoisotopic (exact) mass is 412 g/mol. The number of ether oxygens (including phenoxy) is 2. The first-order chi connectivity index (χ1) is 14.5. The number of aryl methyl sites for hydroxylation is 1. The van der Waals surface area contributed by atoms with Gasteiger partial charge in [0.2, 0.25) is 0 Å². The van der Waals surface area contributed by atoms with E-state index < -0.39 is 6.10 Å². The summed E-state index contributed by atoms with van der Waals surface area (Å²) in [4.78, 5) is 0. The van der Waals surface area contributed by atoms with Gasteiger partial charge in [0.25, 0.3) is 0 Å². The normalized spacial score (nSPS) is 29.1. The number of rotatable bonds is 6. The van der Waals surface area contributed by atoms with Gasteiger partial charge in [-0.25, -0.2) is 0 Å². The van der Waals surface area contributed by atoms with Crippen LogP contribution in [-0.4, -0.2) is 46.3 Å². The van der Waals surface area contributed by atoms with E-state index in [2.05, 4.69) is 37.3 Å². The fourth-order valence-electron chi connectivity index (χ4n) is 4.53. The molecule has 1 aliphatic heterocycles. The Morgan fingerprint density at radius 3 is 2.47 bits per heavy atom. The lowest BCUT2D eigenvalue weighted by Crippen LogP contribution is -2.33. The highest BCUT2D eigenvalue weighted by Gasteiger charge is 2.29. The molecule has 162 valence electrons. The van der Waals surface area contributed by atoms with Crippen molar-refractivity contribution >= 4 is 0 Å². The van der Waals surface area contributed by atoms with Crippen molar-refractivity contribution in [3.8, 4) is 5.75 Å². The van der Waals surface area contributed by atoms with Crippen LogP contribution in [0.25, 0.3) is 0 Å². The largest absolute Gasteiger partial charge is 0.490 e. The minimum atomic E-state index is -0.445. The summed E-state index contributed by atoms with van der Waals surface area (Å²) in [6.45, 7) is 2.04. The molecule has 5 heteroatoms. The molecule has 0 unspecified atom stereocenters. The molecule has 4 rings (SSSR count). The Labute approximate surface area is 178 Å². The Balaban J connectivity index is 1.43. The van der Waals surface area contributed by atoms with Gasteiger partial charge in [0.1, 0.15) is 11.9 Å². The van der Waals surface area contributed by atoms with Crippen LogP contribution in [0.1, 0.15) is 60.5 Å². The highest BCUT2D eigenvalue weighted by molar-refractivity contribution is 5.38. The molecule has 0 bridgehead atoms. The van der Waals surface area contributed by atoms with Crippen molar-refractivity contribution in [3.05, 3.63) is 64.7 Å². The van der Waals surface area contributed by atoms with Crippen LogP contribution in [0.2, 0.25) is 0 Å². The van der Waals surface area contributed by atoms with Gasteiger partial charge < -0.3 is 24.8 Å². The second kappa shape index (κ2) is 9.48. The summed E-state index contributed by atoms with van der Waals surface area (Å²) in [6, 6.07) is 14.5. The minimum Gasteiger partial charge on any atom is -0.490 e. The molecular formula is C25H32O5. The molecule has 2 aromatic carbocycles. The lowest BCUT2D eigenvalue weighted by atomic mass is 9.92. The van der Waals surface area contributed by atoms with Crippen molar-refractivity contribution in [2.75, 3.05) is 6.61 Å². The van der Waals surface area contributed by atoms with E-state index in [9.17, 15) is 15.3 Å². The molecule has 1 saturated heterocycles. The Morgan fingerprint density at radius 2 is 1.77 bits per heavy atom. The van der Waals surface area contributed by atoms with Crippen molar-refractivity contribution < 1.29 is 24.8 Å². The summed E-state index contributed by atoms with van der Waals surface area (Å²) in [5, 5.41) is 29.2. The third-order valence-electron chi connectivity index (χ3n) is 6.30. The van der Waals surface area contributed by atoms with Gasteiger partial charge in [0, 0.05) is 19.3 Å². The van der Waals surface area contributed by atoms with Crippen LogP contribution >= 0.6 is 0 Å². The molecule has 0 radical (unpaired) electrons. The highest BCUT2D eigenvalue weighted by Crippen LogP contribution is 2.33. The van der Waals surface area contributed by atoms with Crippen LogP contribution in [0.4, 0.5) is 0 Å². The molecule has 1 aliphatic carbocycles. The van der Waals surface area contributed by atoms with Gasteiger partial charge in [-0.05, 0) is 60.6 Å². The maximum atomic E-state index is 10.1. The Hall–Kier alpha value is -1.92. The molecule has 30 heavy (non-hydrogen) atoms. The fourth-order valence-corrected chi connectivity index (χ4v) is 4.53. The third kappa shape index (κ3) is 5.22. The van der Waals surface area contributed by atoms with Crippen LogP contribution in [0.3, 0.4) is 0 Å². The fraction of sp³-hybridized carbons (Fsp3) is 0.520. The zero-order valence-electron chi connectivity index (χ0n) is 17.5. The van der Waals surface area contributed by atoms with Gasteiger partial charge in [0.15, 0.2) is 0 Å². The summed E-state index contributed by atoms with van der Waals surface area (Å²) >= 11 is 0. The minimum absolute atomic E-state index is 0.0689. The van der Waals surface area contributed by atoms with Crippen LogP contribution in [-0.2, 0) is 11.2 Å². The number of aliphatic hydroxyl groups excluding tert-OH is 3. The Kier molecular flexibility index (Phi) is 6.74. The summed E-state index contributed by atoms with van der Waals surface area (Å²) < 4.78 is 12.0. The van der Waals surface area contributed by atoms with E-state index >= 15 is 0 Å². The van der Waals surface area contributed by atoms with Crippen LogP contribution < -0.4 is 4.74 Å². The van der Waals surface area contributed by atoms with Gasteiger partial charge in [0.05, 0.1) is 31.0 Å². The van der Waals surface area contributed by atoms with E-state index in [1.54, 1.807) is 0 Å². The zero-order chi connectivity index (χ0) is 21.1. The molecule has 2 fully saturated rings. The predicted molar refractivity (Wildman–Crippen MR) is 115 cm³/mol. The van der Waals surface area contributed by atoms with Crippen molar-refractivity contribution in [2.24, 2.45) is 0 Å². The third-order valence-corrected chi connectivity index (χ3v) is 6.30. The molecular weight excluding hydrogens is 380 g/mol. The molecule has 0 spiro atoms. The van der Waals surface area contributed by atoms with Crippen molar-refractivity contribution in [3.63, 3.8) is 0 Å². The maximum Gasteiger partial charge on any atom is 0.119 e. The van der Waals surface area contributed by atoms with Gasteiger partial charge in [-0.15, -0.1) is 0 Å². The standard InChI is InChI=1S/C25H32O5/c1-16-2-5-18(25-14-21(28)13-24(15-26)30-25)11-19(16)10-17-3-7-22(8-4-17)29-23-9-6-20(27)12-23/h2-5,7-8,11,20-21,23-28H,6,9-10,12-15H2,1H3/t20-,21-,23+,24-,25+/m0/s1. The topological polar surface area (TPSA) is 79.2 Å². The Bertz CT molecular complexity index is 834. The molecule has 2 aromatic rings. The number of benzene rings is 2. The van der Waals surface area contributed by atoms with Crippen molar-refractivity contribution in [1.82, 2.24) is 0 Å². The van der Waals surface area contributed by atoms with E-state index in [0.29, 0.717) is 19.3 Å². The zero-order valence-corrected chi connectivity index (χ0v) is 17.5. The Morgan fingerprint density at radius 1 is 0.967 bits per heavy atom. The maximum absolute atomic E-state index is 10.1. The molecule has 5 nitrogen and oxygen atoms in total. The number of hydrogen-bond donors (Lipinski definition) is 3. The van der Waals surface area contributed by atoms with E-state index in [1.807, 2.05) is 12.1 Å². The smallest absolute Gasteiger partial charge is 0.119 e. The lowest BCUT2D eigenvalue weighted by Gasteiger charge is -2.32. The van der Waals surface area contributed by atoms with Crippen LogP contribution in [0.15, 0.2) is 42.5 Å². The number of aliphatic hydroxyl groups is 3. The summed E-state index contributed by atoms with van der Waals surface area (Å²) in [7, 11) is 0. The lowest BCUT2D eigenvalue weighted by molar-refractivity contribution is -0.113. The van der Waals surface area contributed by atoms with E-state index in [0.717, 1.165) is 30.6 Å². The molecule has 0 amide bonds. The summed E-state index contributed by atoms with van der Waals surface area (Å²) in [5.41, 5.74) is 4.69. The molecule has 1 heterocycles. The quantitative estimate of drug-likeness (QED) is 0.677. The molecule has 2 aliphatic rings. The average Bonchev–Trinajstić information content (AvgIpc) is 3.15. The van der Waals surface area contributed by atoms with Gasteiger partial charge in [-0.2, -0.15) is 0 Å². The second-order valence-electron chi connectivity index (χ2n) is 8.77. The number of hydrogen-bond acceptors (Lipinski definition) is 5. The average molecular weight is 413 g/mol. The van der Waals surface area contributed by atoms with Crippen LogP contribution in [0, 0.1) is 6.92 Å². The van der Waals surface area contributed by atoms with Gasteiger partial charge >= 0.3 is 0 Å². The first-order valence-electron chi connectivity index (χ1n) is 11.0. The summed E-state index contributed by atoms with van der Waals surface area (Å²) in [6.07, 6.45) is 3.22. The molecule has 0 aromatic heterocycles. The van der Waals surface area contributed by atoms with E-state index in [4.69, 9.17) is 9.47 Å². The van der Waals surface area contributed by atoms with E-state index in [-0.39, 0.29) is 31.0 Å². The predicted octanol–water partition coefficient (Wildman–Crippen LogP) is 3.45. The van der Waals surface area contributed by atoms with Crippen molar-refractivity contribution in [1.29, 1.82) is 0 Å². The SMILES string of the molecule is Cc1ccc([C@H]2C[C@@H](O)C[C@@H](CO)O2)cc1Cc1ccc(O[C@@H]2CC[C@H](O)C2)cc1. The second-order valence-corrected chi connectivity index (χ2v) is 8.77. The van der Waals surface area contributed by atoms with Crippen LogP contribution in [0.5, 0.6) is 5.75 Å². The highest BCUT2D eigenvalue weighted by atomic mass is 16.5. The summed E-state index contributed by atoms with van der Waals surface area (Å²) in [5.74, 6) is 0.850. The molecule has 3 N–H and O–H groups in total.